The fraction of sp³-hybridized carbons (Fsp3) is 0.500. The van der Waals surface area contributed by atoms with Gasteiger partial charge in [0.05, 0.1) is 20.1 Å². The minimum atomic E-state index is 0.163. The fourth-order valence-corrected chi connectivity index (χ4v) is 2.87. The van der Waals surface area contributed by atoms with Crippen molar-refractivity contribution in [3.63, 3.8) is 0 Å². The number of carbonyl (C=O) groups is 1. The van der Waals surface area contributed by atoms with Gasteiger partial charge in [0.25, 0.3) is 0 Å². The quantitative estimate of drug-likeness (QED) is 0.791. The maximum absolute atomic E-state index is 12.5. The van der Waals surface area contributed by atoms with Crippen molar-refractivity contribution in [2.75, 3.05) is 33.3 Å². The number of ether oxygens (including phenoxy) is 1. The van der Waals surface area contributed by atoms with E-state index in [-0.39, 0.29) is 5.91 Å². The van der Waals surface area contributed by atoms with Crippen molar-refractivity contribution in [3.05, 3.63) is 41.5 Å². The molecule has 1 aromatic carbocycles. The number of amides is 1. The highest BCUT2D eigenvalue weighted by atomic mass is 16.5. The molecule has 0 unspecified atom stereocenters. The molecule has 0 radical (unpaired) electrons. The highest BCUT2D eigenvalue weighted by Gasteiger charge is 2.22. The molecule has 1 aromatic heterocycles. The van der Waals surface area contributed by atoms with Crippen molar-refractivity contribution in [2.45, 2.75) is 26.3 Å². The molecular formula is C18H24N4O3. The van der Waals surface area contributed by atoms with Crippen LogP contribution >= 0.6 is 0 Å². The van der Waals surface area contributed by atoms with Crippen LogP contribution in [0.1, 0.15) is 24.2 Å². The minimum Gasteiger partial charge on any atom is -0.497 e. The first kappa shape index (κ1) is 17.4. The van der Waals surface area contributed by atoms with E-state index in [1.807, 2.05) is 36.1 Å². The Bertz CT molecular complexity index is 691. The van der Waals surface area contributed by atoms with E-state index >= 15 is 0 Å². The zero-order valence-corrected chi connectivity index (χ0v) is 14.8. The highest BCUT2D eigenvalue weighted by molar-refractivity contribution is 5.78. The lowest BCUT2D eigenvalue weighted by atomic mass is 10.1. The van der Waals surface area contributed by atoms with Crippen LogP contribution in [0.15, 0.2) is 28.8 Å². The molecule has 2 aromatic rings. The van der Waals surface area contributed by atoms with Crippen molar-refractivity contribution < 1.29 is 14.1 Å². The minimum absolute atomic E-state index is 0.163. The van der Waals surface area contributed by atoms with Gasteiger partial charge in [0.2, 0.25) is 11.8 Å². The molecule has 1 aliphatic rings. The molecular weight excluding hydrogens is 320 g/mol. The Morgan fingerprint density at radius 2 is 1.92 bits per heavy atom. The number of methoxy groups -OCH3 is 1. The lowest BCUT2D eigenvalue weighted by Crippen LogP contribution is -2.48. The highest BCUT2D eigenvalue weighted by Crippen LogP contribution is 2.14. The maximum atomic E-state index is 12.5. The van der Waals surface area contributed by atoms with Crippen LogP contribution in [-0.4, -0.2) is 59.1 Å². The van der Waals surface area contributed by atoms with Gasteiger partial charge < -0.3 is 14.2 Å². The van der Waals surface area contributed by atoms with Crippen LogP contribution in [-0.2, 0) is 24.2 Å². The van der Waals surface area contributed by atoms with Crippen LogP contribution in [0.25, 0.3) is 0 Å². The maximum Gasteiger partial charge on any atom is 0.240 e. The molecule has 134 valence electrons. The monoisotopic (exact) mass is 344 g/mol. The third kappa shape index (κ3) is 4.57. The van der Waals surface area contributed by atoms with Gasteiger partial charge in [-0.3, -0.25) is 9.69 Å². The average molecular weight is 344 g/mol. The summed E-state index contributed by atoms with van der Waals surface area (Å²) in [6.45, 7) is 5.74. The third-order valence-corrected chi connectivity index (χ3v) is 4.42. The molecule has 0 N–H and O–H groups in total. The van der Waals surface area contributed by atoms with E-state index < -0.39 is 0 Å². The Balaban J connectivity index is 1.46. The van der Waals surface area contributed by atoms with Gasteiger partial charge in [-0.2, -0.15) is 4.98 Å². The van der Waals surface area contributed by atoms with Crippen LogP contribution in [0.5, 0.6) is 5.75 Å². The summed E-state index contributed by atoms with van der Waals surface area (Å²) in [5, 5.41) is 3.92. The number of aryl methyl sites for hydroxylation is 1. The fourth-order valence-electron chi connectivity index (χ4n) is 2.87. The lowest BCUT2D eigenvalue weighted by Gasteiger charge is -2.34. The van der Waals surface area contributed by atoms with Crippen molar-refractivity contribution in [2.24, 2.45) is 0 Å². The number of rotatable bonds is 6. The largest absolute Gasteiger partial charge is 0.497 e. The van der Waals surface area contributed by atoms with Crippen molar-refractivity contribution >= 4 is 5.91 Å². The first-order chi connectivity index (χ1) is 12.2. The molecule has 1 aliphatic heterocycles. The molecule has 25 heavy (non-hydrogen) atoms. The molecule has 7 nitrogen and oxygen atoms in total. The van der Waals surface area contributed by atoms with Crippen molar-refractivity contribution in [1.82, 2.24) is 19.9 Å². The molecule has 1 saturated heterocycles. The molecule has 1 amide bonds. The van der Waals surface area contributed by atoms with Crippen LogP contribution in [0.2, 0.25) is 0 Å². The number of hydrogen-bond acceptors (Lipinski definition) is 6. The molecule has 2 heterocycles. The zero-order valence-electron chi connectivity index (χ0n) is 14.8. The van der Waals surface area contributed by atoms with Gasteiger partial charge >= 0.3 is 0 Å². The number of aromatic nitrogens is 2. The smallest absolute Gasteiger partial charge is 0.240 e. The lowest BCUT2D eigenvalue weighted by molar-refractivity contribution is -0.132. The summed E-state index contributed by atoms with van der Waals surface area (Å²) in [6, 6.07) is 7.65. The van der Waals surface area contributed by atoms with Crippen LogP contribution in [0, 0.1) is 0 Å². The van der Waals surface area contributed by atoms with Gasteiger partial charge in [-0.15, -0.1) is 0 Å². The summed E-state index contributed by atoms with van der Waals surface area (Å²) in [5.74, 6) is 2.35. The van der Waals surface area contributed by atoms with E-state index in [1.165, 1.54) is 0 Å². The van der Waals surface area contributed by atoms with Gasteiger partial charge in [0.1, 0.15) is 5.75 Å². The van der Waals surface area contributed by atoms with Gasteiger partial charge in [0, 0.05) is 32.6 Å². The second kappa shape index (κ2) is 8.11. The second-order valence-corrected chi connectivity index (χ2v) is 6.14. The summed E-state index contributed by atoms with van der Waals surface area (Å²) in [5.41, 5.74) is 1.01. The van der Waals surface area contributed by atoms with Crippen LogP contribution < -0.4 is 4.74 Å². The van der Waals surface area contributed by atoms with E-state index in [4.69, 9.17) is 9.26 Å². The first-order valence-electron chi connectivity index (χ1n) is 8.62. The molecule has 0 saturated carbocycles. The van der Waals surface area contributed by atoms with Crippen LogP contribution in [0.3, 0.4) is 0 Å². The summed E-state index contributed by atoms with van der Waals surface area (Å²) >= 11 is 0. The van der Waals surface area contributed by atoms with Crippen molar-refractivity contribution in [1.29, 1.82) is 0 Å². The SMILES string of the molecule is CCc1noc(CN2CCN(C(=O)Cc3ccc(OC)cc3)CC2)n1. The Labute approximate surface area is 147 Å². The number of hydrogen-bond donors (Lipinski definition) is 0. The topological polar surface area (TPSA) is 71.7 Å². The van der Waals surface area contributed by atoms with E-state index in [0.717, 1.165) is 49.7 Å². The summed E-state index contributed by atoms with van der Waals surface area (Å²) in [6.07, 6.45) is 1.20. The van der Waals surface area contributed by atoms with E-state index in [1.54, 1.807) is 7.11 Å². The predicted molar refractivity (Wildman–Crippen MR) is 92.2 cm³/mol. The molecule has 1 fully saturated rings. The standard InChI is InChI=1S/C18H24N4O3/c1-3-16-19-17(25-20-16)13-21-8-10-22(11-9-21)18(23)12-14-4-6-15(24-2)7-5-14/h4-7H,3,8-13H2,1-2H3. The van der Waals surface area contributed by atoms with Gasteiger partial charge in [-0.25, -0.2) is 0 Å². The summed E-state index contributed by atoms with van der Waals surface area (Å²) in [4.78, 5) is 21.0. The second-order valence-electron chi connectivity index (χ2n) is 6.14. The summed E-state index contributed by atoms with van der Waals surface area (Å²) in [7, 11) is 1.64. The number of benzene rings is 1. The molecule has 0 atom stereocenters. The Morgan fingerprint density at radius 1 is 1.20 bits per heavy atom. The summed E-state index contributed by atoms with van der Waals surface area (Å²) < 4.78 is 10.4. The Morgan fingerprint density at radius 3 is 2.52 bits per heavy atom. The van der Waals surface area contributed by atoms with Crippen LogP contribution in [0.4, 0.5) is 0 Å². The molecule has 0 aliphatic carbocycles. The molecule has 0 spiro atoms. The normalized spacial score (nSPS) is 15.4. The van der Waals surface area contributed by atoms with Crippen molar-refractivity contribution in [3.8, 4) is 5.75 Å². The van der Waals surface area contributed by atoms with E-state index in [9.17, 15) is 4.79 Å². The number of carbonyl (C=O) groups excluding carboxylic acids is 1. The van der Waals surface area contributed by atoms with Gasteiger partial charge in [0.15, 0.2) is 5.82 Å². The first-order valence-corrected chi connectivity index (χ1v) is 8.62. The molecule has 3 rings (SSSR count). The Hall–Kier alpha value is -2.41. The Kier molecular flexibility index (Phi) is 5.65. The van der Waals surface area contributed by atoms with E-state index in [2.05, 4.69) is 15.0 Å². The third-order valence-electron chi connectivity index (χ3n) is 4.42. The van der Waals surface area contributed by atoms with Gasteiger partial charge in [-0.05, 0) is 17.7 Å². The number of nitrogens with zero attached hydrogens (tertiary/aromatic N) is 4. The average Bonchev–Trinajstić information content (AvgIpc) is 3.10. The number of piperazine rings is 1. The molecule has 0 bridgehead atoms. The van der Waals surface area contributed by atoms with E-state index in [0.29, 0.717) is 18.9 Å². The zero-order chi connectivity index (χ0) is 17.6. The predicted octanol–water partition coefficient (Wildman–Crippen LogP) is 1.53. The molecule has 7 heteroatoms. The van der Waals surface area contributed by atoms with Gasteiger partial charge in [-0.1, -0.05) is 24.2 Å².